The zero-order valence-electron chi connectivity index (χ0n) is 21.6. The van der Waals surface area contributed by atoms with Gasteiger partial charge >= 0.3 is 12.1 Å². The van der Waals surface area contributed by atoms with Crippen LogP contribution in [-0.4, -0.2) is 43.0 Å². The van der Waals surface area contributed by atoms with Crippen molar-refractivity contribution in [2.24, 2.45) is 0 Å². The molecule has 0 bridgehead atoms. The first-order valence-corrected chi connectivity index (χ1v) is 12.4. The Bertz CT molecular complexity index is 1550. The van der Waals surface area contributed by atoms with E-state index in [4.69, 9.17) is 16.3 Å². The van der Waals surface area contributed by atoms with Crippen LogP contribution in [0.5, 0.6) is 11.5 Å². The van der Waals surface area contributed by atoms with E-state index in [1.807, 2.05) is 0 Å². The molecule has 0 atom stereocenters. The van der Waals surface area contributed by atoms with Crippen molar-refractivity contribution in [2.75, 3.05) is 10.2 Å². The van der Waals surface area contributed by atoms with Crippen LogP contribution in [0, 0.1) is 0 Å². The van der Waals surface area contributed by atoms with Gasteiger partial charge in [-0.15, -0.1) is 0 Å². The molecular weight excluding hydrogens is 565 g/mol. The molecule has 0 fully saturated rings. The lowest BCUT2D eigenvalue weighted by Crippen LogP contribution is -2.38. The molecule has 0 radical (unpaired) electrons. The number of ether oxygens (including phenoxy) is 1. The van der Waals surface area contributed by atoms with Crippen LogP contribution in [-0.2, 0) is 12.7 Å². The summed E-state index contributed by atoms with van der Waals surface area (Å²) in [5, 5.41) is 13.0. The number of aromatic carboxylic acids is 1. The monoisotopic (exact) mass is 586 g/mol. The minimum atomic E-state index is -4.78. The molecule has 4 aromatic rings. The van der Waals surface area contributed by atoms with E-state index in [9.17, 15) is 27.9 Å². The van der Waals surface area contributed by atoms with Gasteiger partial charge in [0, 0.05) is 18.8 Å². The number of pyridine rings is 1. The number of amides is 1. The van der Waals surface area contributed by atoms with E-state index in [2.05, 4.69) is 25.3 Å². The van der Waals surface area contributed by atoms with Gasteiger partial charge in [-0.25, -0.2) is 24.7 Å². The largest absolute Gasteiger partial charge is 0.478 e. The molecular formula is C27H22ClF3N6O4. The molecule has 2 aromatic carbocycles. The van der Waals surface area contributed by atoms with Crippen molar-refractivity contribution in [3.05, 3.63) is 94.8 Å². The van der Waals surface area contributed by atoms with Crippen LogP contribution in [0.2, 0.25) is 5.02 Å². The van der Waals surface area contributed by atoms with Crippen LogP contribution in [0.3, 0.4) is 0 Å². The number of carbonyl (C=O) groups is 2. The number of carboxylic acid groups (broad SMARTS) is 1. The van der Waals surface area contributed by atoms with Gasteiger partial charge in [0.2, 0.25) is 5.95 Å². The number of alkyl halides is 3. The van der Waals surface area contributed by atoms with E-state index >= 15 is 0 Å². The maximum Gasteiger partial charge on any atom is 0.419 e. The topological polar surface area (TPSA) is 130 Å². The smallest absolute Gasteiger partial charge is 0.419 e. The summed E-state index contributed by atoms with van der Waals surface area (Å²) in [7, 11) is 0. The number of carbonyl (C=O) groups excluding carboxylic acids is 1. The minimum absolute atomic E-state index is 0.00717. The van der Waals surface area contributed by atoms with Gasteiger partial charge in [-0.2, -0.15) is 13.2 Å². The van der Waals surface area contributed by atoms with E-state index in [1.54, 1.807) is 13.8 Å². The van der Waals surface area contributed by atoms with E-state index in [0.29, 0.717) is 5.02 Å². The number of rotatable bonds is 9. The zero-order chi connectivity index (χ0) is 29.7. The average Bonchev–Trinajstić information content (AvgIpc) is 2.93. The van der Waals surface area contributed by atoms with Crippen LogP contribution in [0.15, 0.2) is 67.4 Å². The molecule has 14 heteroatoms. The van der Waals surface area contributed by atoms with Crippen molar-refractivity contribution in [3.63, 3.8) is 0 Å². The molecule has 0 saturated heterocycles. The summed E-state index contributed by atoms with van der Waals surface area (Å²) < 4.78 is 47.4. The van der Waals surface area contributed by atoms with Crippen molar-refractivity contribution in [3.8, 4) is 11.5 Å². The molecule has 2 heterocycles. The number of hydrogen-bond acceptors (Lipinski definition) is 8. The zero-order valence-corrected chi connectivity index (χ0v) is 22.3. The highest BCUT2D eigenvalue weighted by molar-refractivity contribution is 6.30. The molecule has 0 aliphatic rings. The molecule has 0 spiro atoms. The summed E-state index contributed by atoms with van der Waals surface area (Å²) in [5.41, 5.74) is -1.11. The second-order valence-electron chi connectivity index (χ2n) is 8.86. The predicted octanol–water partition coefficient (Wildman–Crippen LogP) is 6.10. The summed E-state index contributed by atoms with van der Waals surface area (Å²) >= 11 is 5.86. The lowest BCUT2D eigenvalue weighted by atomic mass is 10.1. The van der Waals surface area contributed by atoms with Gasteiger partial charge in [0.25, 0.3) is 5.91 Å². The lowest BCUT2D eigenvalue weighted by molar-refractivity contribution is -0.138. The number of hydrogen-bond donors (Lipinski definition) is 2. The maximum atomic E-state index is 13.9. The third kappa shape index (κ3) is 7.06. The molecule has 2 aromatic heterocycles. The molecule has 1 amide bonds. The highest BCUT2D eigenvalue weighted by Crippen LogP contribution is 2.40. The lowest BCUT2D eigenvalue weighted by Gasteiger charge is -2.28. The van der Waals surface area contributed by atoms with Gasteiger partial charge < -0.3 is 20.1 Å². The number of anilines is 2. The number of nitrogens with zero attached hydrogens (tertiary/aromatic N) is 5. The SMILES string of the molecule is CC(C)N(C(=O)c1ccc(Cl)cn1)c1ccc(Oc2ccc(CNc3ncncn3)cc2C(F)(F)F)cc1C(=O)O. The van der Waals surface area contributed by atoms with Gasteiger partial charge in [-0.05, 0) is 61.9 Å². The number of aromatic nitrogens is 4. The normalized spacial score (nSPS) is 11.3. The van der Waals surface area contributed by atoms with E-state index in [0.717, 1.165) is 18.2 Å². The van der Waals surface area contributed by atoms with Crippen molar-refractivity contribution >= 4 is 35.1 Å². The fourth-order valence-electron chi connectivity index (χ4n) is 3.84. The summed E-state index contributed by atoms with van der Waals surface area (Å²) in [6, 6.07) is 9.49. The van der Waals surface area contributed by atoms with Gasteiger partial charge in [0.05, 0.1) is 21.8 Å². The first-order chi connectivity index (χ1) is 19.4. The Morgan fingerprint density at radius 1 is 1.05 bits per heavy atom. The fourth-order valence-corrected chi connectivity index (χ4v) is 3.96. The highest BCUT2D eigenvalue weighted by atomic mass is 35.5. The average molecular weight is 587 g/mol. The fraction of sp³-hybridized carbons (Fsp3) is 0.185. The van der Waals surface area contributed by atoms with Crippen LogP contribution < -0.4 is 15.0 Å². The highest BCUT2D eigenvalue weighted by Gasteiger charge is 2.35. The molecule has 41 heavy (non-hydrogen) atoms. The Kier molecular flexibility index (Phi) is 8.67. The first-order valence-electron chi connectivity index (χ1n) is 12.0. The summed E-state index contributed by atoms with van der Waals surface area (Å²) in [6.07, 6.45) is -1.00. The van der Waals surface area contributed by atoms with Crippen LogP contribution in [0.1, 0.15) is 45.8 Å². The van der Waals surface area contributed by atoms with Crippen LogP contribution in [0.25, 0.3) is 0 Å². The molecule has 0 unspecified atom stereocenters. The Balaban J connectivity index is 1.65. The summed E-state index contributed by atoms with van der Waals surface area (Å²) in [6.45, 7) is 3.35. The van der Waals surface area contributed by atoms with Gasteiger partial charge in [-0.3, -0.25) is 4.79 Å². The molecule has 0 saturated carbocycles. The summed E-state index contributed by atoms with van der Waals surface area (Å²) in [4.78, 5) is 42.0. The number of nitrogens with one attached hydrogen (secondary N) is 1. The Labute approximate surface area is 236 Å². The molecule has 0 aliphatic carbocycles. The number of carboxylic acids is 1. The van der Waals surface area contributed by atoms with Gasteiger partial charge in [-0.1, -0.05) is 17.7 Å². The minimum Gasteiger partial charge on any atom is -0.478 e. The molecule has 10 nitrogen and oxygen atoms in total. The van der Waals surface area contributed by atoms with Gasteiger partial charge in [0.1, 0.15) is 29.8 Å². The quantitative estimate of drug-likeness (QED) is 0.239. The molecule has 0 aliphatic heterocycles. The van der Waals surface area contributed by atoms with Crippen molar-refractivity contribution in [2.45, 2.75) is 32.6 Å². The summed E-state index contributed by atoms with van der Waals surface area (Å²) in [5.74, 6) is -2.52. The number of halogens is 4. The van der Waals surface area contributed by atoms with Crippen molar-refractivity contribution < 1.29 is 32.6 Å². The third-order valence-corrected chi connectivity index (χ3v) is 5.88. The number of benzene rings is 2. The first kappa shape index (κ1) is 29.2. The third-order valence-electron chi connectivity index (χ3n) is 5.66. The molecule has 4 rings (SSSR count). The van der Waals surface area contributed by atoms with E-state index in [1.165, 1.54) is 54.1 Å². The van der Waals surface area contributed by atoms with Crippen molar-refractivity contribution in [1.82, 2.24) is 19.9 Å². The Hall–Kier alpha value is -4.78. The second kappa shape index (κ2) is 12.2. The van der Waals surface area contributed by atoms with Gasteiger partial charge in [0.15, 0.2) is 0 Å². The predicted molar refractivity (Wildman–Crippen MR) is 143 cm³/mol. The van der Waals surface area contributed by atoms with E-state index in [-0.39, 0.29) is 40.8 Å². The Morgan fingerprint density at radius 2 is 1.78 bits per heavy atom. The Morgan fingerprint density at radius 3 is 2.39 bits per heavy atom. The van der Waals surface area contributed by atoms with Crippen molar-refractivity contribution in [1.29, 1.82) is 0 Å². The van der Waals surface area contributed by atoms with Crippen LogP contribution >= 0.6 is 11.6 Å². The molecule has 212 valence electrons. The van der Waals surface area contributed by atoms with Crippen LogP contribution in [0.4, 0.5) is 24.8 Å². The molecule has 2 N–H and O–H groups in total. The van der Waals surface area contributed by atoms with E-state index < -0.39 is 35.4 Å². The maximum absolute atomic E-state index is 13.9. The standard InChI is InChI=1S/C27H22ClF3N6O4/c1-15(2)37(24(38)21-6-4-17(28)12-33-21)22-7-5-18(10-19(22)25(39)40)41-23-8-3-16(9-20(23)27(29,30)31)11-34-26-35-13-32-14-36-26/h3-10,12-15H,11H2,1-2H3,(H,39,40)(H,32,34,35,36). The second-order valence-corrected chi connectivity index (χ2v) is 9.30.